The van der Waals surface area contributed by atoms with Crippen molar-refractivity contribution in [2.45, 2.75) is 19.8 Å². The molecule has 0 radical (unpaired) electrons. The summed E-state index contributed by atoms with van der Waals surface area (Å²) in [7, 11) is 0. The van der Waals surface area contributed by atoms with Crippen LogP contribution in [-0.4, -0.2) is 19.0 Å². The molecule has 1 unspecified atom stereocenters. The molecule has 1 heterocycles. The molecule has 1 aromatic carbocycles. The van der Waals surface area contributed by atoms with Crippen molar-refractivity contribution in [1.82, 2.24) is 0 Å². The van der Waals surface area contributed by atoms with Crippen molar-refractivity contribution >= 4 is 17.3 Å². The lowest BCUT2D eigenvalue weighted by molar-refractivity contribution is 0.100. The molecule has 17 heavy (non-hydrogen) atoms. The van der Waals surface area contributed by atoms with Gasteiger partial charge in [-0.15, -0.1) is 0 Å². The first-order valence-corrected chi connectivity index (χ1v) is 6.03. The Morgan fingerprint density at radius 3 is 2.88 bits per heavy atom. The summed E-state index contributed by atoms with van der Waals surface area (Å²) in [5, 5.41) is 0. The number of anilines is 2. The minimum Gasteiger partial charge on any atom is -0.396 e. The van der Waals surface area contributed by atoms with Crippen LogP contribution in [0.15, 0.2) is 18.2 Å². The first-order valence-electron chi connectivity index (χ1n) is 6.03. The fraction of sp³-hybridized carbons (Fsp3) is 0.462. The van der Waals surface area contributed by atoms with Crippen molar-refractivity contribution in [1.29, 1.82) is 0 Å². The van der Waals surface area contributed by atoms with E-state index in [2.05, 4.69) is 11.8 Å². The Bertz CT molecular complexity index is 431. The van der Waals surface area contributed by atoms with Gasteiger partial charge in [0.1, 0.15) is 0 Å². The summed E-state index contributed by atoms with van der Waals surface area (Å²) in [4.78, 5) is 13.5. The van der Waals surface area contributed by atoms with Crippen LogP contribution in [0.5, 0.6) is 0 Å². The number of rotatable bonds is 2. The van der Waals surface area contributed by atoms with Crippen LogP contribution in [0, 0.1) is 5.92 Å². The van der Waals surface area contributed by atoms with E-state index in [1.165, 1.54) is 12.8 Å². The number of nitrogens with two attached hydrogens (primary N) is 2. The molecule has 1 aliphatic heterocycles. The number of nitrogens with zero attached hydrogens (tertiary/aromatic N) is 1. The molecule has 4 N–H and O–H groups in total. The molecule has 1 atom stereocenters. The highest BCUT2D eigenvalue weighted by Gasteiger charge is 2.20. The average Bonchev–Trinajstić information content (AvgIpc) is 2.29. The van der Waals surface area contributed by atoms with Gasteiger partial charge < -0.3 is 16.4 Å². The number of amides is 1. The van der Waals surface area contributed by atoms with Crippen molar-refractivity contribution < 1.29 is 4.79 Å². The maximum atomic E-state index is 11.2. The highest BCUT2D eigenvalue weighted by Crippen LogP contribution is 2.30. The second-order valence-corrected chi connectivity index (χ2v) is 4.80. The van der Waals surface area contributed by atoms with E-state index in [-0.39, 0.29) is 0 Å². The minimum atomic E-state index is -0.464. The molecule has 0 saturated carbocycles. The van der Waals surface area contributed by atoms with Crippen molar-refractivity contribution in [3.8, 4) is 0 Å². The highest BCUT2D eigenvalue weighted by atomic mass is 16.1. The van der Waals surface area contributed by atoms with Crippen LogP contribution in [0.1, 0.15) is 30.1 Å². The number of carbonyl (C=O) groups excluding carboxylic acids is 1. The Hall–Kier alpha value is -1.71. The van der Waals surface area contributed by atoms with E-state index >= 15 is 0 Å². The van der Waals surface area contributed by atoms with Gasteiger partial charge in [-0.1, -0.05) is 13.0 Å². The van der Waals surface area contributed by atoms with Gasteiger partial charge in [0.25, 0.3) is 5.91 Å². The van der Waals surface area contributed by atoms with Gasteiger partial charge in [-0.05, 0) is 30.9 Å². The van der Waals surface area contributed by atoms with Gasteiger partial charge in [0, 0.05) is 13.1 Å². The van der Waals surface area contributed by atoms with E-state index in [0.717, 1.165) is 18.8 Å². The molecular weight excluding hydrogens is 214 g/mol. The van der Waals surface area contributed by atoms with Crippen LogP contribution in [-0.2, 0) is 0 Å². The van der Waals surface area contributed by atoms with Gasteiger partial charge in [-0.25, -0.2) is 0 Å². The molecule has 92 valence electrons. The summed E-state index contributed by atoms with van der Waals surface area (Å²) in [6.45, 7) is 4.23. The van der Waals surface area contributed by atoms with Crippen molar-refractivity contribution in [3.05, 3.63) is 23.8 Å². The minimum absolute atomic E-state index is 0.417. The predicted molar refractivity (Wildman–Crippen MR) is 70.0 cm³/mol. The molecule has 1 saturated heterocycles. The van der Waals surface area contributed by atoms with E-state index in [4.69, 9.17) is 11.5 Å². The zero-order chi connectivity index (χ0) is 12.4. The molecule has 1 amide bonds. The largest absolute Gasteiger partial charge is 0.396 e. The number of primary amides is 1. The smallest absolute Gasteiger partial charge is 0.250 e. The lowest BCUT2D eigenvalue weighted by Crippen LogP contribution is -2.35. The summed E-state index contributed by atoms with van der Waals surface area (Å²) in [6.07, 6.45) is 2.42. The lowest BCUT2D eigenvalue weighted by atomic mass is 9.99. The van der Waals surface area contributed by atoms with E-state index in [1.54, 1.807) is 6.07 Å². The third kappa shape index (κ3) is 2.35. The number of hydrogen-bond acceptors (Lipinski definition) is 3. The average molecular weight is 233 g/mol. The third-order valence-electron chi connectivity index (χ3n) is 3.35. The van der Waals surface area contributed by atoms with E-state index in [0.29, 0.717) is 17.2 Å². The molecule has 4 nitrogen and oxygen atoms in total. The lowest BCUT2D eigenvalue weighted by Gasteiger charge is -2.33. The van der Waals surface area contributed by atoms with Crippen molar-refractivity contribution in [2.24, 2.45) is 11.7 Å². The summed E-state index contributed by atoms with van der Waals surface area (Å²) in [6, 6.07) is 5.47. The standard InChI is InChI=1S/C13H19N3O/c1-9-4-3-7-16(8-9)11-6-2-5-10(12(11)14)13(15)17/h2,5-6,9H,3-4,7-8,14H2,1H3,(H2,15,17). The second kappa shape index (κ2) is 4.65. The number of benzene rings is 1. The fourth-order valence-corrected chi connectivity index (χ4v) is 2.45. The molecule has 1 aliphatic rings. The van der Waals surface area contributed by atoms with Gasteiger partial charge in [0.2, 0.25) is 0 Å². The second-order valence-electron chi connectivity index (χ2n) is 4.80. The Kier molecular flexibility index (Phi) is 3.22. The molecular formula is C13H19N3O. The maximum Gasteiger partial charge on any atom is 0.250 e. The van der Waals surface area contributed by atoms with Crippen LogP contribution < -0.4 is 16.4 Å². The van der Waals surface area contributed by atoms with E-state index in [1.807, 2.05) is 12.1 Å². The fourth-order valence-electron chi connectivity index (χ4n) is 2.45. The monoisotopic (exact) mass is 233 g/mol. The van der Waals surface area contributed by atoms with Crippen molar-refractivity contribution in [2.75, 3.05) is 23.7 Å². The topological polar surface area (TPSA) is 72.3 Å². The highest BCUT2D eigenvalue weighted by molar-refractivity contribution is 6.00. The normalized spacial score (nSPS) is 20.3. The molecule has 0 aliphatic carbocycles. The molecule has 0 aromatic heterocycles. The zero-order valence-corrected chi connectivity index (χ0v) is 10.1. The van der Waals surface area contributed by atoms with Crippen LogP contribution >= 0.6 is 0 Å². The first kappa shape index (κ1) is 11.8. The Balaban J connectivity index is 2.32. The summed E-state index contributed by atoms with van der Waals surface area (Å²) >= 11 is 0. The van der Waals surface area contributed by atoms with E-state index in [9.17, 15) is 4.79 Å². The number of carbonyl (C=O) groups is 1. The third-order valence-corrected chi connectivity index (χ3v) is 3.35. The van der Waals surface area contributed by atoms with Gasteiger partial charge in [0.05, 0.1) is 16.9 Å². The number of nitrogen functional groups attached to an aromatic ring is 1. The SMILES string of the molecule is CC1CCCN(c2cccc(C(N)=O)c2N)C1. The Morgan fingerprint density at radius 2 is 2.24 bits per heavy atom. The molecule has 0 spiro atoms. The molecule has 1 aromatic rings. The number of para-hydroxylation sites is 1. The summed E-state index contributed by atoms with van der Waals surface area (Å²) in [5.74, 6) is 0.204. The van der Waals surface area contributed by atoms with Crippen molar-refractivity contribution in [3.63, 3.8) is 0 Å². The zero-order valence-electron chi connectivity index (χ0n) is 10.1. The summed E-state index contributed by atoms with van der Waals surface area (Å²) in [5.41, 5.74) is 13.2. The number of piperidine rings is 1. The Labute approximate surface area is 102 Å². The van der Waals surface area contributed by atoms with Gasteiger partial charge in [0.15, 0.2) is 0 Å². The van der Waals surface area contributed by atoms with E-state index < -0.39 is 5.91 Å². The van der Waals surface area contributed by atoms with Gasteiger partial charge in [-0.3, -0.25) is 4.79 Å². The Morgan fingerprint density at radius 1 is 1.47 bits per heavy atom. The van der Waals surface area contributed by atoms with Crippen LogP contribution in [0.2, 0.25) is 0 Å². The molecule has 4 heteroatoms. The summed E-state index contributed by atoms with van der Waals surface area (Å²) < 4.78 is 0. The van der Waals surface area contributed by atoms with Crippen LogP contribution in [0.25, 0.3) is 0 Å². The van der Waals surface area contributed by atoms with Crippen LogP contribution in [0.3, 0.4) is 0 Å². The predicted octanol–water partition coefficient (Wildman–Crippen LogP) is 1.60. The maximum absolute atomic E-state index is 11.2. The van der Waals surface area contributed by atoms with Gasteiger partial charge in [-0.2, -0.15) is 0 Å². The van der Waals surface area contributed by atoms with Gasteiger partial charge >= 0.3 is 0 Å². The molecule has 1 fully saturated rings. The number of hydrogen-bond donors (Lipinski definition) is 2. The quantitative estimate of drug-likeness (QED) is 0.762. The first-order chi connectivity index (χ1) is 8.09. The van der Waals surface area contributed by atoms with Crippen LogP contribution in [0.4, 0.5) is 11.4 Å². The molecule has 2 rings (SSSR count). The molecule has 0 bridgehead atoms.